The summed E-state index contributed by atoms with van der Waals surface area (Å²) in [4.78, 5) is 21.1. The lowest BCUT2D eigenvalue weighted by atomic mass is 10.0. The molecule has 0 unspecified atom stereocenters. The Kier molecular flexibility index (Phi) is 4.95. The van der Waals surface area contributed by atoms with Crippen LogP contribution in [0.5, 0.6) is 0 Å². The van der Waals surface area contributed by atoms with E-state index in [4.69, 9.17) is 0 Å². The third-order valence-electron chi connectivity index (χ3n) is 5.41. The van der Waals surface area contributed by atoms with Crippen LogP contribution in [0.25, 0.3) is 22.0 Å². The molecule has 4 rings (SSSR count). The van der Waals surface area contributed by atoms with Crippen LogP contribution in [0.2, 0.25) is 0 Å². The number of nitrogens with one attached hydrogen (secondary N) is 1. The van der Waals surface area contributed by atoms with E-state index >= 15 is 0 Å². The van der Waals surface area contributed by atoms with Crippen molar-refractivity contribution >= 4 is 22.6 Å². The van der Waals surface area contributed by atoms with Crippen molar-refractivity contribution in [3.63, 3.8) is 0 Å². The number of carbonyl (C=O) groups is 1. The van der Waals surface area contributed by atoms with Gasteiger partial charge in [0.1, 0.15) is 11.5 Å². The minimum Gasteiger partial charge on any atom is -0.324 e. The maximum absolute atomic E-state index is 12.7. The van der Waals surface area contributed by atoms with E-state index in [1.807, 2.05) is 44.6 Å². The van der Waals surface area contributed by atoms with E-state index in [0.29, 0.717) is 5.82 Å². The first-order chi connectivity index (χ1) is 13.5. The smallest absolute Gasteiger partial charge is 0.323 e. The SMILES string of the molecule is CN1CCC(N(C)C(=O)Nc2cc3cc(-c4cn(C)nn4)ccc3cn2)CC1. The molecule has 0 radical (unpaired) electrons. The molecule has 0 atom stereocenters. The molecule has 0 bridgehead atoms. The van der Waals surface area contributed by atoms with Crippen molar-refractivity contribution in [2.24, 2.45) is 7.05 Å². The molecule has 28 heavy (non-hydrogen) atoms. The van der Waals surface area contributed by atoms with E-state index in [1.165, 1.54) is 0 Å². The summed E-state index contributed by atoms with van der Waals surface area (Å²) in [6.45, 7) is 2.03. The molecule has 2 aromatic heterocycles. The highest BCUT2D eigenvalue weighted by molar-refractivity contribution is 5.93. The number of aryl methyl sites for hydroxylation is 1. The van der Waals surface area contributed by atoms with E-state index in [1.54, 1.807) is 15.8 Å². The van der Waals surface area contributed by atoms with Gasteiger partial charge in [0.15, 0.2) is 0 Å². The number of amides is 2. The first-order valence-corrected chi connectivity index (χ1v) is 9.48. The quantitative estimate of drug-likeness (QED) is 0.757. The van der Waals surface area contributed by atoms with E-state index < -0.39 is 0 Å². The van der Waals surface area contributed by atoms with Crippen LogP contribution in [-0.2, 0) is 7.05 Å². The zero-order chi connectivity index (χ0) is 19.7. The number of hydrogen-bond donors (Lipinski definition) is 1. The highest BCUT2D eigenvalue weighted by Crippen LogP contribution is 2.24. The predicted molar refractivity (Wildman–Crippen MR) is 109 cm³/mol. The predicted octanol–water partition coefficient (Wildman–Crippen LogP) is 2.59. The molecule has 0 saturated carbocycles. The van der Waals surface area contributed by atoms with Gasteiger partial charge in [-0.1, -0.05) is 17.3 Å². The number of piperidine rings is 1. The molecule has 0 aliphatic carbocycles. The first-order valence-electron chi connectivity index (χ1n) is 9.48. The fourth-order valence-corrected chi connectivity index (χ4v) is 3.59. The summed E-state index contributed by atoms with van der Waals surface area (Å²) in [5.74, 6) is 0.550. The van der Waals surface area contributed by atoms with Crippen molar-refractivity contribution in [3.05, 3.63) is 36.7 Å². The number of likely N-dealkylation sites (tertiary alicyclic amines) is 1. The molecule has 2 amide bonds. The van der Waals surface area contributed by atoms with E-state index in [-0.39, 0.29) is 12.1 Å². The number of carbonyl (C=O) groups excluding carboxylic acids is 1. The second kappa shape index (κ2) is 7.55. The molecule has 0 spiro atoms. The Morgan fingerprint density at radius 2 is 1.96 bits per heavy atom. The molecule has 1 N–H and O–H groups in total. The third-order valence-corrected chi connectivity index (χ3v) is 5.41. The first kappa shape index (κ1) is 18.4. The van der Waals surface area contributed by atoms with Gasteiger partial charge >= 0.3 is 6.03 Å². The summed E-state index contributed by atoms with van der Waals surface area (Å²) in [7, 11) is 5.82. The molecule has 3 heterocycles. The van der Waals surface area contributed by atoms with Crippen molar-refractivity contribution in [1.82, 2.24) is 29.8 Å². The molecule has 146 valence electrons. The second-order valence-electron chi connectivity index (χ2n) is 7.48. The van der Waals surface area contributed by atoms with Crippen LogP contribution >= 0.6 is 0 Å². The van der Waals surface area contributed by atoms with Gasteiger partial charge in [0.05, 0.1) is 6.20 Å². The number of pyridine rings is 1. The van der Waals surface area contributed by atoms with Gasteiger partial charge in [-0.3, -0.25) is 10.00 Å². The molecule has 8 heteroatoms. The average molecular weight is 379 g/mol. The van der Waals surface area contributed by atoms with Crippen LogP contribution in [0.3, 0.4) is 0 Å². The Balaban J connectivity index is 1.51. The van der Waals surface area contributed by atoms with Crippen molar-refractivity contribution in [1.29, 1.82) is 0 Å². The second-order valence-corrected chi connectivity index (χ2v) is 7.48. The molecule has 1 aliphatic rings. The number of hydrogen-bond acceptors (Lipinski definition) is 5. The molecule has 1 aliphatic heterocycles. The Labute approximate surface area is 164 Å². The van der Waals surface area contributed by atoms with Gasteiger partial charge in [-0.25, -0.2) is 9.78 Å². The van der Waals surface area contributed by atoms with Gasteiger partial charge in [0.25, 0.3) is 0 Å². The largest absolute Gasteiger partial charge is 0.324 e. The van der Waals surface area contributed by atoms with Crippen molar-refractivity contribution in [3.8, 4) is 11.3 Å². The Bertz CT molecular complexity index is 991. The zero-order valence-electron chi connectivity index (χ0n) is 16.5. The molecule has 1 saturated heterocycles. The fraction of sp³-hybridized carbons (Fsp3) is 0.400. The summed E-state index contributed by atoms with van der Waals surface area (Å²) in [5, 5.41) is 13.1. The highest BCUT2D eigenvalue weighted by Gasteiger charge is 2.24. The van der Waals surface area contributed by atoms with Crippen molar-refractivity contribution in [2.75, 3.05) is 32.5 Å². The van der Waals surface area contributed by atoms with Crippen molar-refractivity contribution < 1.29 is 4.79 Å². The van der Waals surface area contributed by atoms with Gasteiger partial charge in [-0.05, 0) is 50.5 Å². The van der Waals surface area contributed by atoms with E-state index in [0.717, 1.165) is 48.0 Å². The average Bonchev–Trinajstić information content (AvgIpc) is 3.14. The van der Waals surface area contributed by atoms with E-state index in [9.17, 15) is 4.79 Å². The highest BCUT2D eigenvalue weighted by atomic mass is 16.2. The van der Waals surface area contributed by atoms with Gasteiger partial charge in [-0.2, -0.15) is 0 Å². The monoisotopic (exact) mass is 379 g/mol. The minimum atomic E-state index is -0.119. The molecule has 1 fully saturated rings. The maximum atomic E-state index is 12.7. The number of nitrogens with zero attached hydrogens (tertiary/aromatic N) is 6. The number of urea groups is 1. The summed E-state index contributed by atoms with van der Waals surface area (Å²) in [6, 6.07) is 8.09. The van der Waals surface area contributed by atoms with Gasteiger partial charge in [-0.15, -0.1) is 5.10 Å². The summed E-state index contributed by atoms with van der Waals surface area (Å²) >= 11 is 0. The lowest BCUT2D eigenvalue weighted by molar-refractivity contribution is 0.156. The standard InChI is InChI=1S/C20H25N7O/c1-25-8-6-17(7-9-25)27(3)20(28)22-19-11-16-10-14(4-5-15(16)12-21-19)18-13-26(2)24-23-18/h4-5,10-13,17H,6-9H2,1-3H3,(H,21,22,28). The number of benzene rings is 1. The third kappa shape index (κ3) is 3.82. The Hall–Kier alpha value is -3.00. The Morgan fingerprint density at radius 3 is 2.68 bits per heavy atom. The molecular weight excluding hydrogens is 354 g/mol. The van der Waals surface area contributed by atoms with Crippen molar-refractivity contribution in [2.45, 2.75) is 18.9 Å². The number of fused-ring (bicyclic) bond motifs is 1. The van der Waals surface area contributed by atoms with Crippen LogP contribution in [0.1, 0.15) is 12.8 Å². The van der Waals surface area contributed by atoms with E-state index in [2.05, 4.69) is 32.6 Å². The maximum Gasteiger partial charge on any atom is 0.323 e. The van der Waals surface area contributed by atoms with Crippen LogP contribution in [-0.4, -0.2) is 69.0 Å². The molecular formula is C20H25N7O. The van der Waals surface area contributed by atoms with Crippen LogP contribution < -0.4 is 5.32 Å². The molecule has 1 aromatic carbocycles. The molecule has 3 aromatic rings. The fourth-order valence-electron chi connectivity index (χ4n) is 3.59. The topological polar surface area (TPSA) is 79.2 Å². The number of rotatable bonds is 3. The van der Waals surface area contributed by atoms with Crippen LogP contribution in [0.4, 0.5) is 10.6 Å². The van der Waals surface area contributed by atoms with Gasteiger partial charge < -0.3 is 9.80 Å². The lowest BCUT2D eigenvalue weighted by Gasteiger charge is -2.34. The number of aromatic nitrogens is 4. The Morgan fingerprint density at radius 1 is 1.18 bits per heavy atom. The summed E-state index contributed by atoms with van der Waals surface area (Å²) < 4.78 is 1.68. The molecule has 8 nitrogen and oxygen atoms in total. The normalized spacial score (nSPS) is 15.7. The summed E-state index contributed by atoms with van der Waals surface area (Å²) in [5.41, 5.74) is 1.79. The van der Waals surface area contributed by atoms with Crippen LogP contribution in [0.15, 0.2) is 36.7 Å². The van der Waals surface area contributed by atoms with Gasteiger partial charge in [0, 0.05) is 37.3 Å². The lowest BCUT2D eigenvalue weighted by Crippen LogP contribution is -2.46. The summed E-state index contributed by atoms with van der Waals surface area (Å²) in [6.07, 6.45) is 5.64. The zero-order valence-corrected chi connectivity index (χ0v) is 16.5. The number of anilines is 1. The van der Waals surface area contributed by atoms with Gasteiger partial charge in [0.2, 0.25) is 0 Å². The minimum absolute atomic E-state index is 0.119. The van der Waals surface area contributed by atoms with Crippen LogP contribution in [0, 0.1) is 0 Å².